The molecule has 1 fully saturated rings. The van der Waals surface area contributed by atoms with E-state index in [1.165, 1.54) is 6.07 Å². The number of halogens is 4. The van der Waals surface area contributed by atoms with Crippen LogP contribution in [0.3, 0.4) is 0 Å². The molecule has 258 valence electrons. The number of hydrogen-bond donors (Lipinski definition) is 2. The Morgan fingerprint density at radius 1 is 1.12 bits per heavy atom. The van der Waals surface area contributed by atoms with Gasteiger partial charge in [0.1, 0.15) is 22.8 Å². The van der Waals surface area contributed by atoms with E-state index in [2.05, 4.69) is 41.6 Å². The second-order valence-electron chi connectivity index (χ2n) is 13.1. The molecule has 0 radical (unpaired) electrons. The number of benzene rings is 1. The number of carboxylic acid groups (broad SMARTS) is 1. The van der Waals surface area contributed by atoms with E-state index in [0.29, 0.717) is 54.7 Å². The van der Waals surface area contributed by atoms with Crippen LogP contribution in [-0.2, 0) is 15.7 Å². The number of anilines is 2. The zero-order chi connectivity index (χ0) is 34.8. The van der Waals surface area contributed by atoms with E-state index in [0.717, 1.165) is 31.8 Å². The topological polar surface area (TPSA) is 124 Å². The lowest BCUT2D eigenvalue weighted by Gasteiger charge is -2.40. The Hall–Kier alpha value is -4.37. The molecule has 0 amide bonds. The summed E-state index contributed by atoms with van der Waals surface area (Å²) < 4.78 is 60.2. The van der Waals surface area contributed by atoms with Crippen molar-refractivity contribution in [1.29, 1.82) is 0 Å². The molecule has 2 N–H and O–H groups in total. The number of nitrogens with zero attached hydrogens (tertiary/aromatic N) is 7. The number of carbonyl (C=O) groups is 1. The molecule has 4 aromatic rings. The Kier molecular flexibility index (Phi) is 10.2. The molecule has 0 bridgehead atoms. The highest BCUT2D eigenvalue weighted by molar-refractivity contribution is 5.91. The van der Waals surface area contributed by atoms with E-state index >= 15 is 0 Å². The molecule has 5 rings (SSSR count). The van der Waals surface area contributed by atoms with Crippen LogP contribution in [0.15, 0.2) is 36.7 Å². The maximum absolute atomic E-state index is 14.1. The van der Waals surface area contributed by atoms with Gasteiger partial charge in [-0.3, -0.25) is 9.69 Å². The molecule has 1 aromatic carbocycles. The number of piperazine rings is 1. The van der Waals surface area contributed by atoms with Crippen molar-refractivity contribution >= 4 is 28.6 Å². The van der Waals surface area contributed by atoms with Crippen molar-refractivity contribution in [2.45, 2.75) is 45.8 Å². The number of aromatic nitrogens is 5. The molecule has 1 aliphatic heterocycles. The Bertz CT molecular complexity index is 1750. The summed E-state index contributed by atoms with van der Waals surface area (Å²) in [7, 11) is 3.49. The van der Waals surface area contributed by atoms with E-state index in [4.69, 9.17) is 9.84 Å². The number of ether oxygens (including phenoxy) is 1. The van der Waals surface area contributed by atoms with Crippen LogP contribution in [0.2, 0.25) is 0 Å². The van der Waals surface area contributed by atoms with Gasteiger partial charge in [0.25, 0.3) is 0 Å². The zero-order valence-corrected chi connectivity index (χ0v) is 27.6. The number of alkyl halides is 3. The number of fused-ring (bicyclic) bond motifs is 1. The lowest BCUT2D eigenvalue weighted by molar-refractivity contribution is -0.140. The molecule has 1 aliphatic rings. The van der Waals surface area contributed by atoms with Crippen LogP contribution in [0.25, 0.3) is 33.9 Å². The van der Waals surface area contributed by atoms with Gasteiger partial charge in [0.05, 0.1) is 35.9 Å². The number of imidazole rings is 1. The van der Waals surface area contributed by atoms with Gasteiger partial charge < -0.3 is 24.6 Å². The Balaban J connectivity index is 1.45. The molecule has 48 heavy (non-hydrogen) atoms. The van der Waals surface area contributed by atoms with Gasteiger partial charge in [-0.15, -0.1) is 0 Å². The van der Waals surface area contributed by atoms with Gasteiger partial charge in [0.2, 0.25) is 0 Å². The third-order valence-corrected chi connectivity index (χ3v) is 8.37. The molecule has 1 saturated heterocycles. The van der Waals surface area contributed by atoms with Crippen molar-refractivity contribution < 1.29 is 32.2 Å². The van der Waals surface area contributed by atoms with E-state index in [1.807, 2.05) is 25.8 Å². The minimum Gasteiger partial charge on any atom is -0.481 e. The monoisotopic (exact) mass is 672 g/mol. The van der Waals surface area contributed by atoms with Crippen molar-refractivity contribution in [1.82, 2.24) is 29.8 Å². The molecule has 0 spiro atoms. The molecule has 0 unspecified atom stereocenters. The van der Waals surface area contributed by atoms with Crippen LogP contribution in [0.1, 0.15) is 39.2 Å². The Labute approximate surface area is 276 Å². The van der Waals surface area contributed by atoms with Crippen LogP contribution in [-0.4, -0.2) is 100 Å². The average molecular weight is 673 g/mol. The van der Waals surface area contributed by atoms with Crippen molar-refractivity contribution in [2.24, 2.45) is 5.41 Å². The van der Waals surface area contributed by atoms with E-state index in [1.54, 1.807) is 25.6 Å². The van der Waals surface area contributed by atoms with Crippen molar-refractivity contribution in [2.75, 3.05) is 63.3 Å². The average Bonchev–Trinajstić information content (AvgIpc) is 3.44. The first-order valence-electron chi connectivity index (χ1n) is 15.7. The number of pyridine rings is 1. The van der Waals surface area contributed by atoms with Crippen LogP contribution < -0.4 is 9.80 Å². The van der Waals surface area contributed by atoms with E-state index < -0.39 is 23.5 Å². The summed E-state index contributed by atoms with van der Waals surface area (Å²) in [6, 6.07) is 4.63. The number of aliphatic carboxylic acids is 1. The maximum atomic E-state index is 14.1. The Morgan fingerprint density at radius 3 is 2.54 bits per heavy atom. The van der Waals surface area contributed by atoms with Gasteiger partial charge in [-0.05, 0) is 44.2 Å². The van der Waals surface area contributed by atoms with E-state index in [-0.39, 0.29) is 34.8 Å². The summed E-state index contributed by atoms with van der Waals surface area (Å²) in [6.07, 6.45) is -0.831. The highest BCUT2D eigenvalue weighted by atomic mass is 19.4. The largest absolute Gasteiger partial charge is 0.481 e. The fourth-order valence-corrected chi connectivity index (χ4v) is 6.23. The molecule has 4 heterocycles. The number of methoxy groups -OCH3 is 1. The highest BCUT2D eigenvalue weighted by Gasteiger charge is 2.34. The number of carboxylic acids is 1. The predicted molar refractivity (Wildman–Crippen MR) is 174 cm³/mol. The third kappa shape index (κ3) is 8.01. The van der Waals surface area contributed by atoms with Crippen LogP contribution in [0, 0.1) is 11.2 Å². The molecular formula is C33H40F4N8O3. The normalized spacial score (nSPS) is 16.1. The van der Waals surface area contributed by atoms with Crippen LogP contribution in [0.5, 0.6) is 0 Å². The fourth-order valence-electron chi connectivity index (χ4n) is 6.23. The third-order valence-electron chi connectivity index (χ3n) is 8.37. The standard InChI is InChI=1S/C33H40F4N8O3/c1-20-17-44(10-6-7-28(46)47)11-12-45(20)27-16-38-25(15-39-27)30-41-29-26(43(4)18-32(2,3)19-48-5)14-24(40-31(29)42-30)21-8-9-23(34)22(13-21)33(35,36)37/h8-9,13-16,20H,6-7,10-12,17-19H2,1-5H3,(H,46,47)(H,40,41,42)/t20-/m1/s1. The summed E-state index contributed by atoms with van der Waals surface area (Å²) in [6.45, 7) is 10.2. The second-order valence-corrected chi connectivity index (χ2v) is 13.1. The zero-order valence-electron chi connectivity index (χ0n) is 27.6. The lowest BCUT2D eigenvalue weighted by Crippen LogP contribution is -2.52. The highest BCUT2D eigenvalue weighted by Crippen LogP contribution is 2.37. The lowest BCUT2D eigenvalue weighted by atomic mass is 9.94. The smallest absolute Gasteiger partial charge is 0.419 e. The minimum absolute atomic E-state index is 0.0984. The molecule has 0 saturated carbocycles. The summed E-state index contributed by atoms with van der Waals surface area (Å²) in [4.78, 5) is 39.1. The van der Waals surface area contributed by atoms with Crippen LogP contribution in [0.4, 0.5) is 29.1 Å². The van der Waals surface area contributed by atoms with Crippen molar-refractivity contribution in [3.63, 3.8) is 0 Å². The van der Waals surface area contributed by atoms with Gasteiger partial charge in [-0.2, -0.15) is 13.2 Å². The molecule has 11 nitrogen and oxygen atoms in total. The second kappa shape index (κ2) is 14.0. The molecular weight excluding hydrogens is 632 g/mol. The van der Waals surface area contributed by atoms with Crippen LogP contribution >= 0.6 is 0 Å². The first-order valence-corrected chi connectivity index (χ1v) is 15.7. The number of H-pyrrole nitrogens is 1. The summed E-state index contributed by atoms with van der Waals surface area (Å²) >= 11 is 0. The molecule has 1 atom stereocenters. The number of nitrogens with one attached hydrogen (secondary N) is 1. The van der Waals surface area contributed by atoms with E-state index in [9.17, 15) is 22.4 Å². The molecule has 3 aromatic heterocycles. The number of aromatic amines is 1. The Morgan fingerprint density at radius 2 is 1.90 bits per heavy atom. The van der Waals surface area contributed by atoms with Crippen molar-refractivity contribution in [3.8, 4) is 22.8 Å². The van der Waals surface area contributed by atoms with Gasteiger partial charge in [0.15, 0.2) is 11.5 Å². The maximum Gasteiger partial charge on any atom is 0.419 e. The quantitative estimate of drug-likeness (QED) is 0.181. The van der Waals surface area contributed by atoms with Crippen molar-refractivity contribution in [3.05, 3.63) is 48.0 Å². The van der Waals surface area contributed by atoms with Gasteiger partial charge in [0, 0.05) is 63.8 Å². The summed E-state index contributed by atoms with van der Waals surface area (Å²) in [5, 5.41) is 8.93. The fraction of sp³-hybridized carbons (Fsp3) is 0.485. The predicted octanol–water partition coefficient (Wildman–Crippen LogP) is 5.72. The number of hydrogen-bond acceptors (Lipinski definition) is 9. The molecule has 0 aliphatic carbocycles. The van der Waals surface area contributed by atoms with Gasteiger partial charge in [-0.25, -0.2) is 24.3 Å². The minimum atomic E-state index is -4.87. The van der Waals surface area contributed by atoms with Gasteiger partial charge >= 0.3 is 12.1 Å². The molecule has 15 heteroatoms. The first-order chi connectivity index (χ1) is 22.6. The SMILES string of the molecule is COCC(C)(C)CN(C)c1cc(-c2ccc(F)c(C(F)(F)F)c2)nc2nc(-c3cnc(N4CCN(CCCC(=O)O)C[C@H]4C)cn3)[nH]c12. The first kappa shape index (κ1) is 35.0. The number of rotatable bonds is 12. The van der Waals surface area contributed by atoms with Gasteiger partial charge in [-0.1, -0.05) is 13.8 Å². The summed E-state index contributed by atoms with van der Waals surface area (Å²) in [5.41, 5.74) is 0.555. The summed E-state index contributed by atoms with van der Waals surface area (Å²) in [5.74, 6) is -1.07.